The summed E-state index contributed by atoms with van der Waals surface area (Å²) in [5.41, 5.74) is -1.02. The lowest BCUT2D eigenvalue weighted by atomic mass is 10.3. The molecule has 0 aromatic carbocycles. The lowest BCUT2D eigenvalue weighted by Crippen LogP contribution is -2.23. The summed E-state index contributed by atoms with van der Waals surface area (Å²) in [5.74, 6) is -1.06. The number of hydrogen-bond donors (Lipinski definition) is 1. The number of carbonyl (C=O) groups is 1. The molecule has 0 atom stereocenters. The third-order valence-corrected chi connectivity index (χ3v) is 0.818. The van der Waals surface area contributed by atoms with E-state index in [2.05, 4.69) is 9.58 Å². The molecule has 56 valence electrons. The van der Waals surface area contributed by atoms with Crippen molar-refractivity contribution in [2.45, 2.75) is 19.6 Å². The van der Waals surface area contributed by atoms with Crippen LogP contribution in [0.3, 0.4) is 0 Å². The maximum absolute atomic E-state index is 9.93. The molecule has 1 N–H and O–H groups in total. The second kappa shape index (κ2) is 3.18. The van der Waals surface area contributed by atoms with Gasteiger partial charge in [-0.25, -0.2) is 11.4 Å². The quantitative estimate of drug-likeness (QED) is 0.593. The van der Waals surface area contributed by atoms with Crippen LogP contribution in [0.25, 0.3) is 4.85 Å². The number of ether oxygens (including phenoxy) is 1. The fraction of sp³-hybridized carbons (Fsp3) is 0.667. The highest BCUT2D eigenvalue weighted by Gasteiger charge is 2.23. The van der Waals surface area contributed by atoms with Gasteiger partial charge in [-0.05, 0) is 0 Å². The monoisotopic (exact) mass is 143 g/mol. The molecule has 4 heteroatoms. The van der Waals surface area contributed by atoms with Crippen LogP contribution in [0.15, 0.2) is 0 Å². The molecule has 0 heterocycles. The summed E-state index contributed by atoms with van der Waals surface area (Å²) in [7, 11) is 0. The summed E-state index contributed by atoms with van der Waals surface area (Å²) in [4.78, 5) is 13.0. The van der Waals surface area contributed by atoms with Gasteiger partial charge in [-0.3, -0.25) is 9.58 Å². The number of carboxylic acid groups (broad SMARTS) is 1. The van der Waals surface area contributed by atoms with E-state index in [0.29, 0.717) is 0 Å². The van der Waals surface area contributed by atoms with Gasteiger partial charge in [0.15, 0.2) is 6.61 Å². The van der Waals surface area contributed by atoms with Gasteiger partial charge in [0.2, 0.25) is 0 Å². The Labute approximate surface area is 59.2 Å². The molecule has 0 radical (unpaired) electrons. The van der Waals surface area contributed by atoms with Crippen LogP contribution in [0, 0.1) is 6.57 Å². The van der Waals surface area contributed by atoms with Gasteiger partial charge < -0.3 is 5.11 Å². The predicted octanol–water partition coefficient (Wildman–Crippen LogP) is 0.743. The Bertz CT molecular complexity index is 168. The van der Waals surface area contributed by atoms with E-state index >= 15 is 0 Å². The van der Waals surface area contributed by atoms with Crippen LogP contribution in [0.5, 0.6) is 0 Å². The summed E-state index contributed by atoms with van der Waals surface area (Å²) in [5, 5.41) is 8.14. The average molecular weight is 143 g/mol. The second-order valence-electron chi connectivity index (χ2n) is 2.24. The van der Waals surface area contributed by atoms with Crippen molar-refractivity contribution in [1.29, 1.82) is 0 Å². The fourth-order valence-electron chi connectivity index (χ4n) is 0.271. The summed E-state index contributed by atoms with van der Waals surface area (Å²) < 4.78 is 4.69. The highest BCUT2D eigenvalue weighted by molar-refractivity contribution is 5.68. The molecule has 0 aliphatic heterocycles. The molecule has 0 spiro atoms. The molecule has 0 bridgehead atoms. The molecule has 0 unspecified atom stereocenters. The Balaban J connectivity index is 3.71. The number of aliphatic carboxylic acids is 1. The van der Waals surface area contributed by atoms with Crippen molar-refractivity contribution in [3.05, 3.63) is 11.4 Å². The first-order valence-electron chi connectivity index (χ1n) is 2.72. The molecule has 0 saturated heterocycles. The molecule has 10 heavy (non-hydrogen) atoms. The Morgan fingerprint density at radius 1 is 1.80 bits per heavy atom. The maximum Gasteiger partial charge on any atom is 0.331 e. The largest absolute Gasteiger partial charge is 0.480 e. The lowest BCUT2D eigenvalue weighted by Gasteiger charge is -2.09. The van der Waals surface area contributed by atoms with Gasteiger partial charge >= 0.3 is 11.7 Å². The number of rotatable bonds is 3. The molecule has 0 amide bonds. The molecular weight excluding hydrogens is 134 g/mol. The van der Waals surface area contributed by atoms with Crippen LogP contribution in [-0.2, 0) is 9.53 Å². The Kier molecular flexibility index (Phi) is 2.84. The van der Waals surface area contributed by atoms with Gasteiger partial charge in [-0.15, -0.1) is 0 Å². The minimum Gasteiger partial charge on any atom is -0.480 e. The zero-order valence-electron chi connectivity index (χ0n) is 5.92. The van der Waals surface area contributed by atoms with Gasteiger partial charge in [0.25, 0.3) is 0 Å². The Morgan fingerprint density at radius 2 is 2.30 bits per heavy atom. The molecule has 0 aliphatic carbocycles. The van der Waals surface area contributed by atoms with E-state index in [9.17, 15) is 4.79 Å². The van der Waals surface area contributed by atoms with Crippen molar-refractivity contribution in [3.8, 4) is 0 Å². The summed E-state index contributed by atoms with van der Waals surface area (Å²) in [6.45, 7) is 9.17. The molecule has 0 aliphatic rings. The summed E-state index contributed by atoms with van der Waals surface area (Å²) in [6, 6.07) is 0. The number of nitrogens with zero attached hydrogens (tertiary/aromatic N) is 1. The molecule has 0 saturated carbocycles. The van der Waals surface area contributed by atoms with Gasteiger partial charge in [0.1, 0.15) is 0 Å². The average Bonchev–Trinajstić information content (AvgIpc) is 1.85. The lowest BCUT2D eigenvalue weighted by molar-refractivity contribution is -0.146. The molecule has 0 fully saturated rings. The number of hydrogen-bond acceptors (Lipinski definition) is 2. The van der Waals surface area contributed by atoms with E-state index in [0.717, 1.165) is 0 Å². The van der Waals surface area contributed by atoms with Crippen molar-refractivity contribution >= 4 is 5.97 Å². The zero-order chi connectivity index (χ0) is 8.20. The topological polar surface area (TPSA) is 50.9 Å². The zero-order valence-corrected chi connectivity index (χ0v) is 5.92. The van der Waals surface area contributed by atoms with E-state index in [-0.39, 0.29) is 0 Å². The van der Waals surface area contributed by atoms with Crippen LogP contribution in [0.4, 0.5) is 0 Å². The Hall–Kier alpha value is -1.08. The first-order valence-corrected chi connectivity index (χ1v) is 2.72. The molecule has 0 aromatic rings. The third kappa shape index (κ3) is 3.87. The SMILES string of the molecule is [C-]#[N+]C(C)(C)OCC(=O)O. The van der Waals surface area contributed by atoms with E-state index in [1.54, 1.807) is 0 Å². The minimum atomic E-state index is -1.06. The minimum absolute atomic E-state index is 0.421. The Morgan fingerprint density at radius 3 is 2.60 bits per heavy atom. The van der Waals surface area contributed by atoms with E-state index in [1.165, 1.54) is 13.8 Å². The first kappa shape index (κ1) is 8.92. The summed E-state index contributed by atoms with van der Waals surface area (Å²) in [6.07, 6.45) is 0. The van der Waals surface area contributed by atoms with Crippen molar-refractivity contribution in [1.82, 2.24) is 0 Å². The van der Waals surface area contributed by atoms with E-state index in [4.69, 9.17) is 11.7 Å². The second-order valence-corrected chi connectivity index (χ2v) is 2.24. The van der Waals surface area contributed by atoms with Gasteiger partial charge in [0.05, 0.1) is 0 Å². The first-order chi connectivity index (χ1) is 4.48. The van der Waals surface area contributed by atoms with Crippen molar-refractivity contribution in [2.75, 3.05) is 6.61 Å². The van der Waals surface area contributed by atoms with Gasteiger partial charge in [0, 0.05) is 13.8 Å². The van der Waals surface area contributed by atoms with Crippen LogP contribution in [-0.4, -0.2) is 23.4 Å². The molecule has 0 rings (SSSR count). The molecule has 4 nitrogen and oxygen atoms in total. The molecule has 0 aromatic heterocycles. The highest BCUT2D eigenvalue weighted by Crippen LogP contribution is 2.09. The van der Waals surface area contributed by atoms with Crippen LogP contribution in [0.2, 0.25) is 0 Å². The van der Waals surface area contributed by atoms with Crippen LogP contribution >= 0.6 is 0 Å². The van der Waals surface area contributed by atoms with Crippen molar-refractivity contribution in [3.63, 3.8) is 0 Å². The summed E-state index contributed by atoms with van der Waals surface area (Å²) >= 11 is 0. The van der Waals surface area contributed by atoms with Crippen molar-refractivity contribution in [2.24, 2.45) is 0 Å². The normalized spacial score (nSPS) is 10.5. The number of carboxylic acids is 1. The third-order valence-electron chi connectivity index (χ3n) is 0.818. The highest BCUT2D eigenvalue weighted by atomic mass is 16.5. The van der Waals surface area contributed by atoms with Gasteiger partial charge in [-0.2, -0.15) is 0 Å². The standard InChI is InChI=1S/C6H9NO3/c1-6(2,7-3)10-4-5(8)9/h4H2,1-2H3,(H,8,9). The van der Waals surface area contributed by atoms with Crippen LogP contribution in [0.1, 0.15) is 13.8 Å². The van der Waals surface area contributed by atoms with Gasteiger partial charge in [-0.1, -0.05) is 0 Å². The molecular formula is C6H9NO3. The van der Waals surface area contributed by atoms with E-state index in [1.807, 2.05) is 0 Å². The predicted molar refractivity (Wildman–Crippen MR) is 34.3 cm³/mol. The fourth-order valence-corrected chi connectivity index (χ4v) is 0.271. The smallest absolute Gasteiger partial charge is 0.331 e. The maximum atomic E-state index is 9.93. The van der Waals surface area contributed by atoms with Crippen LogP contribution < -0.4 is 0 Å². The van der Waals surface area contributed by atoms with E-state index < -0.39 is 18.3 Å². The van der Waals surface area contributed by atoms with Crippen molar-refractivity contribution < 1.29 is 14.6 Å².